The Morgan fingerprint density at radius 3 is 2.79 bits per heavy atom. The van der Waals surface area contributed by atoms with E-state index in [1.165, 1.54) is 0 Å². The lowest BCUT2D eigenvalue weighted by molar-refractivity contribution is 0.411. The highest BCUT2D eigenvalue weighted by Crippen LogP contribution is 2.25. The van der Waals surface area contributed by atoms with Gasteiger partial charge in [0.25, 0.3) is 0 Å². The summed E-state index contributed by atoms with van der Waals surface area (Å²) in [5.41, 5.74) is 1.07. The van der Waals surface area contributed by atoms with Crippen molar-refractivity contribution < 1.29 is 4.74 Å². The number of methoxy groups -OCH3 is 1. The van der Waals surface area contributed by atoms with Crippen LogP contribution in [0.5, 0.6) is 5.75 Å². The second-order valence-electron chi connectivity index (χ2n) is 2.92. The molecule has 4 heteroatoms. The maximum absolute atomic E-state index is 8.61. The van der Waals surface area contributed by atoms with Gasteiger partial charge >= 0.3 is 0 Å². The molecule has 0 amide bonds. The molecule has 0 N–H and O–H groups in total. The molecule has 0 aliphatic carbocycles. The standard InChI is InChI=1S/C10H11BrN2O/c1-13(7-12)6-8-3-4-10(14-2)9(11)5-8/h3-5H,6H2,1-2H3. The van der Waals surface area contributed by atoms with Crippen molar-refractivity contribution >= 4 is 15.9 Å². The third-order valence-electron chi connectivity index (χ3n) is 1.81. The lowest BCUT2D eigenvalue weighted by Crippen LogP contribution is -2.09. The van der Waals surface area contributed by atoms with Crippen LogP contribution in [-0.2, 0) is 6.54 Å². The van der Waals surface area contributed by atoms with Gasteiger partial charge in [-0.3, -0.25) is 0 Å². The Balaban J connectivity index is 2.82. The van der Waals surface area contributed by atoms with Crippen LogP contribution < -0.4 is 4.74 Å². The molecule has 0 aromatic heterocycles. The number of rotatable bonds is 3. The molecule has 0 spiro atoms. The van der Waals surface area contributed by atoms with Crippen molar-refractivity contribution in [1.82, 2.24) is 4.90 Å². The monoisotopic (exact) mass is 254 g/mol. The summed E-state index contributed by atoms with van der Waals surface area (Å²) in [6.45, 7) is 0.610. The van der Waals surface area contributed by atoms with Crippen LogP contribution >= 0.6 is 15.9 Å². The minimum Gasteiger partial charge on any atom is -0.496 e. The molecule has 0 aliphatic rings. The highest BCUT2D eigenvalue weighted by atomic mass is 79.9. The number of hydrogen-bond acceptors (Lipinski definition) is 3. The van der Waals surface area contributed by atoms with Crippen LogP contribution in [0.1, 0.15) is 5.56 Å². The van der Waals surface area contributed by atoms with Crippen molar-refractivity contribution in [3.05, 3.63) is 28.2 Å². The highest BCUT2D eigenvalue weighted by molar-refractivity contribution is 9.10. The molecular weight excluding hydrogens is 244 g/mol. The van der Waals surface area contributed by atoms with E-state index in [-0.39, 0.29) is 0 Å². The molecule has 74 valence electrons. The summed E-state index contributed by atoms with van der Waals surface area (Å²) in [6.07, 6.45) is 2.05. The maximum Gasteiger partial charge on any atom is 0.179 e. The maximum atomic E-state index is 8.61. The molecule has 0 aliphatic heterocycles. The Labute approximate surface area is 92.0 Å². The minimum absolute atomic E-state index is 0.610. The minimum atomic E-state index is 0.610. The van der Waals surface area contributed by atoms with Crippen molar-refractivity contribution in [1.29, 1.82) is 5.26 Å². The van der Waals surface area contributed by atoms with Gasteiger partial charge in [0.2, 0.25) is 0 Å². The molecule has 0 unspecified atom stereocenters. The first-order valence-electron chi connectivity index (χ1n) is 4.10. The molecule has 0 heterocycles. The Morgan fingerprint density at radius 1 is 1.57 bits per heavy atom. The zero-order valence-electron chi connectivity index (χ0n) is 8.12. The summed E-state index contributed by atoms with van der Waals surface area (Å²) in [5.74, 6) is 0.799. The molecule has 0 fully saturated rings. The average Bonchev–Trinajstić information content (AvgIpc) is 2.18. The van der Waals surface area contributed by atoms with Crippen LogP contribution in [0.25, 0.3) is 0 Å². The van der Waals surface area contributed by atoms with Crippen molar-refractivity contribution in [2.45, 2.75) is 6.54 Å². The molecule has 14 heavy (non-hydrogen) atoms. The van der Waals surface area contributed by atoms with E-state index in [1.807, 2.05) is 24.4 Å². The SMILES string of the molecule is COc1ccc(CN(C)C#N)cc1Br. The van der Waals surface area contributed by atoms with E-state index >= 15 is 0 Å². The molecule has 0 atom stereocenters. The summed E-state index contributed by atoms with van der Waals surface area (Å²) < 4.78 is 6.01. The fourth-order valence-electron chi connectivity index (χ4n) is 1.12. The molecule has 0 bridgehead atoms. The van der Waals surface area contributed by atoms with Gasteiger partial charge in [-0.1, -0.05) is 6.07 Å². The Hall–Kier alpha value is -1.21. The predicted molar refractivity (Wildman–Crippen MR) is 57.8 cm³/mol. The molecule has 0 saturated carbocycles. The van der Waals surface area contributed by atoms with Crippen LogP contribution in [0.3, 0.4) is 0 Å². The van der Waals surface area contributed by atoms with E-state index in [0.29, 0.717) is 6.54 Å². The first kappa shape index (κ1) is 10.9. The van der Waals surface area contributed by atoms with Crippen molar-refractivity contribution in [3.8, 4) is 11.9 Å². The van der Waals surface area contributed by atoms with Crippen LogP contribution in [0.4, 0.5) is 0 Å². The zero-order valence-corrected chi connectivity index (χ0v) is 9.71. The Morgan fingerprint density at radius 2 is 2.29 bits per heavy atom. The fourth-order valence-corrected chi connectivity index (χ4v) is 1.71. The van der Waals surface area contributed by atoms with Gasteiger partial charge in [0.1, 0.15) is 5.75 Å². The van der Waals surface area contributed by atoms with E-state index in [1.54, 1.807) is 19.1 Å². The van der Waals surface area contributed by atoms with Crippen LogP contribution in [0.15, 0.2) is 22.7 Å². The summed E-state index contributed by atoms with van der Waals surface area (Å²) in [5, 5.41) is 8.61. The quantitative estimate of drug-likeness (QED) is 0.614. The van der Waals surface area contributed by atoms with E-state index < -0.39 is 0 Å². The van der Waals surface area contributed by atoms with Crippen molar-refractivity contribution in [3.63, 3.8) is 0 Å². The number of benzene rings is 1. The number of halogens is 1. The first-order valence-corrected chi connectivity index (χ1v) is 4.90. The second-order valence-corrected chi connectivity index (χ2v) is 3.78. The van der Waals surface area contributed by atoms with Gasteiger partial charge in [0, 0.05) is 7.05 Å². The zero-order chi connectivity index (χ0) is 10.6. The van der Waals surface area contributed by atoms with E-state index in [2.05, 4.69) is 15.9 Å². The van der Waals surface area contributed by atoms with Crippen LogP contribution in [0, 0.1) is 11.5 Å². The van der Waals surface area contributed by atoms with E-state index in [9.17, 15) is 0 Å². The van der Waals surface area contributed by atoms with Crippen molar-refractivity contribution in [2.24, 2.45) is 0 Å². The third kappa shape index (κ3) is 2.64. The van der Waals surface area contributed by atoms with Crippen LogP contribution in [0.2, 0.25) is 0 Å². The van der Waals surface area contributed by atoms with E-state index in [0.717, 1.165) is 15.8 Å². The van der Waals surface area contributed by atoms with Gasteiger partial charge in [0.15, 0.2) is 6.19 Å². The Kier molecular flexibility index (Phi) is 3.78. The smallest absolute Gasteiger partial charge is 0.179 e. The number of ether oxygens (including phenoxy) is 1. The Bertz CT molecular complexity index is 360. The van der Waals surface area contributed by atoms with Gasteiger partial charge in [-0.15, -0.1) is 0 Å². The van der Waals surface area contributed by atoms with Gasteiger partial charge in [0.05, 0.1) is 18.1 Å². The fraction of sp³-hybridized carbons (Fsp3) is 0.300. The summed E-state index contributed by atoms with van der Waals surface area (Å²) in [6, 6.07) is 5.77. The number of nitriles is 1. The number of nitrogens with zero attached hydrogens (tertiary/aromatic N) is 2. The lowest BCUT2D eigenvalue weighted by atomic mass is 10.2. The summed E-state index contributed by atoms with van der Waals surface area (Å²) in [7, 11) is 3.37. The van der Waals surface area contributed by atoms with E-state index in [4.69, 9.17) is 10.00 Å². The van der Waals surface area contributed by atoms with Gasteiger partial charge < -0.3 is 9.64 Å². The first-order chi connectivity index (χ1) is 6.67. The summed E-state index contributed by atoms with van der Waals surface area (Å²) in [4.78, 5) is 1.56. The molecular formula is C10H11BrN2O. The largest absolute Gasteiger partial charge is 0.496 e. The molecule has 1 aromatic carbocycles. The lowest BCUT2D eigenvalue weighted by Gasteiger charge is -2.10. The molecule has 0 radical (unpaired) electrons. The molecule has 0 saturated heterocycles. The van der Waals surface area contributed by atoms with Gasteiger partial charge in [-0.2, -0.15) is 5.26 Å². The third-order valence-corrected chi connectivity index (χ3v) is 2.43. The second kappa shape index (κ2) is 4.87. The predicted octanol–water partition coefficient (Wildman–Crippen LogP) is 2.37. The topological polar surface area (TPSA) is 36.3 Å². The average molecular weight is 255 g/mol. The van der Waals surface area contributed by atoms with Crippen molar-refractivity contribution in [2.75, 3.05) is 14.2 Å². The van der Waals surface area contributed by atoms with Gasteiger partial charge in [-0.25, -0.2) is 0 Å². The summed E-state index contributed by atoms with van der Waals surface area (Å²) >= 11 is 3.39. The number of hydrogen-bond donors (Lipinski definition) is 0. The van der Waals surface area contributed by atoms with Crippen LogP contribution in [-0.4, -0.2) is 19.1 Å². The molecule has 1 aromatic rings. The molecule has 1 rings (SSSR count). The molecule has 3 nitrogen and oxygen atoms in total. The highest BCUT2D eigenvalue weighted by Gasteiger charge is 2.02. The van der Waals surface area contributed by atoms with Gasteiger partial charge in [-0.05, 0) is 33.6 Å². The normalized spacial score (nSPS) is 9.29.